The van der Waals surface area contributed by atoms with E-state index in [0.29, 0.717) is 25.0 Å². The number of carbonyl (C=O) groups is 1. The molecule has 0 bridgehead atoms. The SMILES string of the molecule is CC(C)CCOCCNC(=NCC(=O)N(C)C)NCCc1cccs1. The molecule has 0 unspecified atom stereocenters. The van der Waals surface area contributed by atoms with Crippen LogP contribution in [0.5, 0.6) is 0 Å². The third kappa shape index (κ3) is 10.8. The van der Waals surface area contributed by atoms with Gasteiger partial charge in [0.1, 0.15) is 6.54 Å². The monoisotopic (exact) mass is 368 g/mol. The summed E-state index contributed by atoms with van der Waals surface area (Å²) in [6.45, 7) is 7.35. The average Bonchev–Trinajstić information content (AvgIpc) is 3.07. The van der Waals surface area contributed by atoms with Crippen LogP contribution in [-0.2, 0) is 16.0 Å². The van der Waals surface area contributed by atoms with Crippen molar-refractivity contribution in [3.63, 3.8) is 0 Å². The fraction of sp³-hybridized carbons (Fsp3) is 0.667. The Labute approximate surface area is 155 Å². The van der Waals surface area contributed by atoms with Crippen LogP contribution in [0.2, 0.25) is 0 Å². The Bertz CT molecular complexity index is 501. The van der Waals surface area contributed by atoms with E-state index in [1.54, 1.807) is 30.3 Å². The fourth-order valence-corrected chi connectivity index (χ4v) is 2.59. The second kappa shape index (κ2) is 12.7. The second-order valence-electron chi connectivity index (χ2n) is 6.43. The van der Waals surface area contributed by atoms with Crippen LogP contribution in [0.25, 0.3) is 0 Å². The summed E-state index contributed by atoms with van der Waals surface area (Å²) in [7, 11) is 3.47. The maximum atomic E-state index is 11.7. The van der Waals surface area contributed by atoms with Crippen molar-refractivity contribution in [3.05, 3.63) is 22.4 Å². The fourth-order valence-electron chi connectivity index (χ4n) is 1.88. The van der Waals surface area contributed by atoms with Crippen molar-refractivity contribution in [3.8, 4) is 0 Å². The molecular formula is C18H32N4O2S. The molecule has 0 fully saturated rings. The summed E-state index contributed by atoms with van der Waals surface area (Å²) >= 11 is 1.74. The smallest absolute Gasteiger partial charge is 0.243 e. The van der Waals surface area contributed by atoms with Gasteiger partial charge in [0.25, 0.3) is 0 Å². The van der Waals surface area contributed by atoms with Crippen LogP contribution in [-0.4, -0.2) is 63.7 Å². The van der Waals surface area contributed by atoms with Crippen molar-refractivity contribution in [1.82, 2.24) is 15.5 Å². The van der Waals surface area contributed by atoms with Crippen molar-refractivity contribution in [2.24, 2.45) is 10.9 Å². The summed E-state index contributed by atoms with van der Waals surface area (Å²) in [5.74, 6) is 1.29. The molecular weight excluding hydrogens is 336 g/mol. The molecule has 1 rings (SSSR count). The average molecular weight is 369 g/mol. The second-order valence-corrected chi connectivity index (χ2v) is 7.46. The molecule has 0 saturated heterocycles. The summed E-state index contributed by atoms with van der Waals surface area (Å²) in [5.41, 5.74) is 0. The van der Waals surface area contributed by atoms with Gasteiger partial charge in [-0.15, -0.1) is 11.3 Å². The molecule has 2 N–H and O–H groups in total. The van der Waals surface area contributed by atoms with Gasteiger partial charge in [-0.2, -0.15) is 0 Å². The minimum atomic E-state index is -0.0208. The van der Waals surface area contributed by atoms with E-state index in [-0.39, 0.29) is 12.5 Å². The van der Waals surface area contributed by atoms with Gasteiger partial charge < -0.3 is 20.3 Å². The van der Waals surface area contributed by atoms with Gasteiger partial charge >= 0.3 is 0 Å². The van der Waals surface area contributed by atoms with E-state index in [1.165, 1.54) is 4.88 Å². The Hall–Kier alpha value is -1.60. The maximum Gasteiger partial charge on any atom is 0.243 e. The van der Waals surface area contributed by atoms with E-state index >= 15 is 0 Å². The molecule has 0 atom stereocenters. The number of rotatable bonds is 11. The van der Waals surface area contributed by atoms with Crippen LogP contribution in [0.4, 0.5) is 0 Å². The molecule has 0 radical (unpaired) electrons. The van der Waals surface area contributed by atoms with Gasteiger partial charge in [0.15, 0.2) is 5.96 Å². The molecule has 25 heavy (non-hydrogen) atoms. The minimum absolute atomic E-state index is 0.0208. The zero-order valence-corrected chi connectivity index (χ0v) is 16.7. The quantitative estimate of drug-likeness (QED) is 0.356. The highest BCUT2D eigenvalue weighted by Crippen LogP contribution is 2.07. The van der Waals surface area contributed by atoms with Crippen molar-refractivity contribution in [1.29, 1.82) is 0 Å². The van der Waals surface area contributed by atoms with E-state index < -0.39 is 0 Å². The van der Waals surface area contributed by atoms with E-state index in [4.69, 9.17) is 4.74 Å². The van der Waals surface area contributed by atoms with Crippen molar-refractivity contribution in [2.45, 2.75) is 26.7 Å². The largest absolute Gasteiger partial charge is 0.380 e. The Kier molecular flexibility index (Phi) is 10.9. The minimum Gasteiger partial charge on any atom is -0.380 e. The highest BCUT2D eigenvalue weighted by atomic mass is 32.1. The Morgan fingerprint density at radius 2 is 2.04 bits per heavy atom. The van der Waals surface area contributed by atoms with Gasteiger partial charge in [-0.05, 0) is 30.2 Å². The lowest BCUT2D eigenvalue weighted by atomic mass is 10.1. The summed E-state index contributed by atoms with van der Waals surface area (Å²) < 4.78 is 5.60. The normalized spacial score (nSPS) is 11.6. The first-order chi connectivity index (χ1) is 12.0. The van der Waals surface area contributed by atoms with Gasteiger partial charge in [0.2, 0.25) is 5.91 Å². The molecule has 0 spiro atoms. The van der Waals surface area contributed by atoms with Crippen molar-refractivity contribution < 1.29 is 9.53 Å². The topological polar surface area (TPSA) is 66.0 Å². The number of thiophene rings is 1. The molecule has 0 aliphatic heterocycles. The number of likely N-dealkylation sites (N-methyl/N-ethyl adjacent to an activating group) is 1. The Morgan fingerprint density at radius 1 is 1.28 bits per heavy atom. The number of guanidine groups is 1. The molecule has 1 aromatic rings. The van der Waals surface area contributed by atoms with Crippen molar-refractivity contribution >= 4 is 23.2 Å². The lowest BCUT2D eigenvalue weighted by Crippen LogP contribution is -2.41. The summed E-state index contributed by atoms with van der Waals surface area (Å²) in [6.07, 6.45) is 2.00. The standard InChI is InChI=1S/C18H32N4O2S/c1-15(2)8-11-24-12-10-20-18(21-14-17(23)22(3)4)19-9-7-16-6-5-13-25-16/h5-6,13,15H,7-12,14H2,1-4H3,(H2,19,20,21). The molecule has 1 heterocycles. The van der Waals surface area contributed by atoms with Crippen molar-refractivity contribution in [2.75, 3.05) is 46.9 Å². The number of amides is 1. The molecule has 6 nitrogen and oxygen atoms in total. The Morgan fingerprint density at radius 3 is 2.68 bits per heavy atom. The van der Waals surface area contributed by atoms with Crippen LogP contribution in [0, 0.1) is 5.92 Å². The highest BCUT2D eigenvalue weighted by molar-refractivity contribution is 7.09. The number of hydrogen-bond donors (Lipinski definition) is 2. The number of nitrogens with zero attached hydrogens (tertiary/aromatic N) is 2. The van der Waals surface area contributed by atoms with Crippen LogP contribution in [0.15, 0.2) is 22.5 Å². The number of nitrogens with one attached hydrogen (secondary N) is 2. The molecule has 0 aliphatic carbocycles. The number of carbonyl (C=O) groups excluding carboxylic acids is 1. The zero-order chi connectivity index (χ0) is 18.5. The third-order valence-electron chi connectivity index (χ3n) is 3.49. The van der Waals surface area contributed by atoms with Crippen LogP contribution in [0.3, 0.4) is 0 Å². The lowest BCUT2D eigenvalue weighted by Gasteiger charge is -2.14. The number of ether oxygens (including phenoxy) is 1. The molecule has 7 heteroatoms. The first-order valence-corrected chi connectivity index (χ1v) is 9.69. The first-order valence-electron chi connectivity index (χ1n) is 8.81. The maximum absolute atomic E-state index is 11.7. The van der Waals surface area contributed by atoms with E-state index in [1.807, 2.05) is 0 Å². The zero-order valence-electron chi connectivity index (χ0n) is 15.9. The predicted octanol–water partition coefficient (Wildman–Crippen LogP) is 1.98. The van der Waals surface area contributed by atoms with Crippen LogP contribution >= 0.6 is 11.3 Å². The number of hydrogen-bond acceptors (Lipinski definition) is 4. The highest BCUT2D eigenvalue weighted by Gasteiger charge is 2.05. The Balaban J connectivity index is 2.35. The van der Waals surface area contributed by atoms with Crippen LogP contribution < -0.4 is 10.6 Å². The molecule has 1 aromatic heterocycles. The third-order valence-corrected chi connectivity index (χ3v) is 4.43. The molecule has 1 amide bonds. The predicted molar refractivity (Wildman–Crippen MR) is 105 cm³/mol. The number of aliphatic imine (C=N–C) groups is 1. The molecule has 0 saturated carbocycles. The van der Waals surface area contributed by atoms with E-state index in [9.17, 15) is 4.79 Å². The molecule has 0 aliphatic rings. The summed E-state index contributed by atoms with van der Waals surface area (Å²) in [5, 5.41) is 8.59. The summed E-state index contributed by atoms with van der Waals surface area (Å²) in [4.78, 5) is 19.0. The van der Waals surface area contributed by atoms with E-state index in [0.717, 1.165) is 26.0 Å². The van der Waals surface area contributed by atoms with Gasteiger partial charge in [0, 0.05) is 38.7 Å². The first kappa shape index (κ1) is 21.4. The van der Waals surface area contributed by atoms with Gasteiger partial charge in [0.05, 0.1) is 6.61 Å². The van der Waals surface area contributed by atoms with E-state index in [2.05, 4.69) is 47.0 Å². The van der Waals surface area contributed by atoms with Crippen LogP contribution in [0.1, 0.15) is 25.1 Å². The molecule has 142 valence electrons. The van der Waals surface area contributed by atoms with Gasteiger partial charge in [-0.3, -0.25) is 4.79 Å². The lowest BCUT2D eigenvalue weighted by molar-refractivity contribution is -0.127. The van der Waals surface area contributed by atoms with Gasteiger partial charge in [-0.25, -0.2) is 4.99 Å². The summed E-state index contributed by atoms with van der Waals surface area (Å²) in [6, 6.07) is 4.17. The molecule has 0 aromatic carbocycles. The van der Waals surface area contributed by atoms with Gasteiger partial charge in [-0.1, -0.05) is 19.9 Å².